The second-order valence-corrected chi connectivity index (χ2v) is 7.11. The first-order valence-electron chi connectivity index (χ1n) is 8.29. The van der Waals surface area contributed by atoms with Gasteiger partial charge in [0.2, 0.25) is 0 Å². The van der Waals surface area contributed by atoms with E-state index in [0.717, 1.165) is 0 Å². The smallest absolute Gasteiger partial charge is 0.270 e. The predicted octanol–water partition coefficient (Wildman–Crippen LogP) is 6.27. The van der Waals surface area contributed by atoms with Crippen LogP contribution in [0.1, 0.15) is 5.56 Å². The van der Waals surface area contributed by atoms with Gasteiger partial charge in [0.25, 0.3) is 5.69 Å². The summed E-state index contributed by atoms with van der Waals surface area (Å²) in [6.45, 7) is 0. The average Bonchev–Trinajstić information content (AvgIpc) is 3.23. The second-order valence-electron chi connectivity index (χ2n) is 5.92. The third kappa shape index (κ3) is 3.69. The van der Waals surface area contributed by atoms with Gasteiger partial charge in [-0.1, -0.05) is 17.7 Å². The number of fused-ring (bicyclic) bond motifs is 1. The quantitative estimate of drug-likeness (QED) is 0.300. The Balaban J connectivity index is 1.86. The molecule has 0 atom stereocenters. The lowest BCUT2D eigenvalue weighted by Crippen LogP contribution is -2.00. The zero-order valence-corrected chi connectivity index (χ0v) is 16.2. The van der Waals surface area contributed by atoms with Crippen LogP contribution in [0.4, 0.5) is 17.1 Å². The Morgan fingerprint density at radius 2 is 2.14 bits per heavy atom. The molecule has 0 bridgehead atoms. The van der Waals surface area contributed by atoms with E-state index in [-0.39, 0.29) is 11.3 Å². The Bertz CT molecular complexity index is 1270. The van der Waals surface area contributed by atoms with Crippen molar-refractivity contribution in [2.75, 3.05) is 5.32 Å². The van der Waals surface area contributed by atoms with Crippen molar-refractivity contribution in [2.24, 2.45) is 0 Å². The number of nitriles is 1. The zero-order valence-electron chi connectivity index (χ0n) is 14.6. The highest BCUT2D eigenvalue weighted by molar-refractivity contribution is 7.08. The number of benzene rings is 2. The molecule has 0 amide bonds. The van der Waals surface area contributed by atoms with Crippen molar-refractivity contribution in [3.8, 4) is 17.6 Å². The number of rotatable bonds is 5. The van der Waals surface area contributed by atoms with Crippen molar-refractivity contribution in [3.05, 3.63) is 80.1 Å². The number of nitrogens with one attached hydrogen (secondary N) is 1. The van der Waals surface area contributed by atoms with Crippen molar-refractivity contribution in [1.82, 2.24) is 4.98 Å². The van der Waals surface area contributed by atoms with Crippen LogP contribution in [0.3, 0.4) is 0 Å². The van der Waals surface area contributed by atoms with Gasteiger partial charge in [0, 0.05) is 29.1 Å². The highest BCUT2D eigenvalue weighted by Gasteiger charge is 2.17. The molecular weight excluding hydrogens is 412 g/mol. The van der Waals surface area contributed by atoms with Crippen molar-refractivity contribution in [3.63, 3.8) is 0 Å². The molecule has 1 N–H and O–H groups in total. The summed E-state index contributed by atoms with van der Waals surface area (Å²) >= 11 is 7.83. The van der Waals surface area contributed by atoms with Gasteiger partial charge in [0.1, 0.15) is 11.8 Å². The van der Waals surface area contributed by atoms with Crippen LogP contribution >= 0.6 is 22.9 Å². The minimum absolute atomic E-state index is 0.0988. The molecule has 0 unspecified atom stereocenters. The van der Waals surface area contributed by atoms with E-state index in [2.05, 4.69) is 16.4 Å². The van der Waals surface area contributed by atoms with Crippen LogP contribution in [0, 0.1) is 21.4 Å². The molecule has 7 nitrogen and oxygen atoms in total. The fraction of sp³-hybridized carbons (Fsp3) is 0. The molecule has 142 valence electrons. The largest absolute Gasteiger partial charge is 0.453 e. The molecule has 0 aliphatic rings. The molecule has 2 heterocycles. The van der Waals surface area contributed by atoms with E-state index in [4.69, 9.17) is 16.3 Å². The number of hydrogen-bond acceptors (Lipinski definition) is 7. The van der Waals surface area contributed by atoms with Gasteiger partial charge in [-0.3, -0.25) is 15.1 Å². The number of ether oxygens (including phenoxy) is 1. The van der Waals surface area contributed by atoms with Gasteiger partial charge in [0.15, 0.2) is 5.75 Å². The van der Waals surface area contributed by atoms with Crippen LogP contribution < -0.4 is 10.1 Å². The number of nitro groups is 1. The lowest BCUT2D eigenvalue weighted by atomic mass is 10.1. The molecule has 0 radical (unpaired) electrons. The summed E-state index contributed by atoms with van der Waals surface area (Å²) in [6, 6.07) is 13.4. The number of aromatic nitrogens is 1. The molecule has 0 aliphatic carbocycles. The number of anilines is 2. The molecule has 0 fully saturated rings. The Morgan fingerprint density at radius 3 is 2.86 bits per heavy atom. The average molecular weight is 423 g/mol. The summed E-state index contributed by atoms with van der Waals surface area (Å²) in [7, 11) is 0. The highest BCUT2D eigenvalue weighted by atomic mass is 35.5. The van der Waals surface area contributed by atoms with E-state index in [1.807, 2.05) is 16.8 Å². The maximum atomic E-state index is 11.2. The Labute approximate surface area is 173 Å². The summed E-state index contributed by atoms with van der Waals surface area (Å²) in [6.07, 6.45) is 1.42. The lowest BCUT2D eigenvalue weighted by molar-refractivity contribution is -0.384. The first kappa shape index (κ1) is 18.7. The molecule has 29 heavy (non-hydrogen) atoms. The van der Waals surface area contributed by atoms with Crippen LogP contribution in [0.2, 0.25) is 5.02 Å². The van der Waals surface area contributed by atoms with Crippen molar-refractivity contribution < 1.29 is 9.66 Å². The number of nitro benzene ring substituents is 1. The second kappa shape index (κ2) is 7.75. The maximum Gasteiger partial charge on any atom is 0.270 e. The van der Waals surface area contributed by atoms with Gasteiger partial charge in [-0.2, -0.15) is 5.26 Å². The number of halogens is 1. The van der Waals surface area contributed by atoms with E-state index in [1.54, 1.807) is 24.3 Å². The highest BCUT2D eigenvalue weighted by Crippen LogP contribution is 2.40. The predicted molar refractivity (Wildman–Crippen MR) is 112 cm³/mol. The number of nitrogens with zero attached hydrogens (tertiary/aromatic N) is 3. The molecule has 0 spiro atoms. The van der Waals surface area contributed by atoms with Crippen LogP contribution in [0.25, 0.3) is 10.9 Å². The SMILES string of the molecule is N#Cc1cnc2ccc([N+](=O)[O-])cc2c1Nc1cccc(Cl)c1Oc1ccsc1. The van der Waals surface area contributed by atoms with E-state index in [0.29, 0.717) is 38.8 Å². The first-order valence-corrected chi connectivity index (χ1v) is 9.61. The summed E-state index contributed by atoms with van der Waals surface area (Å²) in [5, 5.41) is 28.5. The van der Waals surface area contributed by atoms with Gasteiger partial charge < -0.3 is 10.1 Å². The van der Waals surface area contributed by atoms with E-state index < -0.39 is 4.92 Å². The van der Waals surface area contributed by atoms with Gasteiger partial charge >= 0.3 is 0 Å². The number of hydrogen-bond donors (Lipinski definition) is 1. The fourth-order valence-corrected chi connectivity index (χ4v) is 3.55. The van der Waals surface area contributed by atoms with E-state index in [9.17, 15) is 15.4 Å². The molecule has 4 aromatic rings. The fourth-order valence-electron chi connectivity index (χ4n) is 2.79. The van der Waals surface area contributed by atoms with E-state index in [1.165, 1.54) is 29.7 Å². The summed E-state index contributed by atoms with van der Waals surface area (Å²) in [4.78, 5) is 14.9. The first-order chi connectivity index (χ1) is 14.1. The molecule has 0 saturated heterocycles. The molecule has 2 aromatic carbocycles. The number of non-ortho nitro benzene ring substituents is 1. The number of thiophene rings is 1. The van der Waals surface area contributed by atoms with Crippen molar-refractivity contribution in [1.29, 1.82) is 5.26 Å². The minimum atomic E-state index is -0.493. The topological polar surface area (TPSA) is 101 Å². The summed E-state index contributed by atoms with van der Waals surface area (Å²) in [5.74, 6) is 1.01. The summed E-state index contributed by atoms with van der Waals surface area (Å²) < 4.78 is 5.91. The van der Waals surface area contributed by atoms with Crippen molar-refractivity contribution in [2.45, 2.75) is 0 Å². The zero-order chi connectivity index (χ0) is 20.4. The van der Waals surface area contributed by atoms with Gasteiger partial charge in [0.05, 0.1) is 32.4 Å². The molecule has 9 heteroatoms. The third-order valence-corrected chi connectivity index (χ3v) is 5.08. The molecule has 4 rings (SSSR count). The normalized spacial score (nSPS) is 10.5. The molecule has 0 aliphatic heterocycles. The monoisotopic (exact) mass is 422 g/mol. The van der Waals surface area contributed by atoms with Gasteiger partial charge in [-0.15, -0.1) is 11.3 Å². The molecule has 0 saturated carbocycles. The lowest BCUT2D eigenvalue weighted by Gasteiger charge is -2.16. The summed E-state index contributed by atoms with van der Waals surface area (Å²) in [5.41, 5.74) is 1.55. The molecule has 2 aromatic heterocycles. The number of pyridine rings is 1. The Kier molecular flexibility index (Phi) is 4.99. The van der Waals surface area contributed by atoms with Crippen molar-refractivity contribution >= 4 is 50.9 Å². The van der Waals surface area contributed by atoms with Gasteiger partial charge in [-0.05, 0) is 29.6 Å². The van der Waals surface area contributed by atoms with Crippen LogP contribution in [-0.4, -0.2) is 9.91 Å². The third-order valence-electron chi connectivity index (χ3n) is 4.12. The maximum absolute atomic E-state index is 11.2. The Morgan fingerprint density at radius 1 is 1.28 bits per heavy atom. The Hall–Kier alpha value is -3.67. The molecular formula is C20H11ClN4O3S. The number of para-hydroxylation sites is 1. The van der Waals surface area contributed by atoms with Crippen LogP contribution in [0.5, 0.6) is 11.5 Å². The van der Waals surface area contributed by atoms with E-state index >= 15 is 0 Å². The van der Waals surface area contributed by atoms with Crippen LogP contribution in [0.15, 0.2) is 59.4 Å². The minimum Gasteiger partial charge on any atom is -0.453 e. The van der Waals surface area contributed by atoms with Crippen LogP contribution in [-0.2, 0) is 0 Å². The van der Waals surface area contributed by atoms with Gasteiger partial charge in [-0.25, -0.2) is 0 Å². The standard InChI is InChI=1S/C20H11ClN4O3S/c21-16-2-1-3-18(20(16)28-14-6-7-29-11-14)24-19-12(9-22)10-23-17-5-4-13(25(26)27)8-15(17)19/h1-8,10-11H,(H,23,24).